The fourth-order valence-electron chi connectivity index (χ4n) is 5.08. The maximum absolute atomic E-state index is 13.0. The number of piperidine rings is 2. The first-order chi connectivity index (χ1) is 15.1. The summed E-state index contributed by atoms with van der Waals surface area (Å²) in [6.45, 7) is 5.72. The number of rotatable bonds is 4. The van der Waals surface area contributed by atoms with E-state index in [2.05, 4.69) is 20.6 Å². The molecule has 0 bridgehead atoms. The van der Waals surface area contributed by atoms with Crippen LogP contribution in [0.15, 0.2) is 12.4 Å². The number of halogens is 2. The van der Waals surface area contributed by atoms with Crippen LogP contribution in [0.25, 0.3) is 0 Å². The molecule has 11 heteroatoms. The number of likely N-dealkylation sites (tertiary alicyclic amines) is 1. The van der Waals surface area contributed by atoms with E-state index in [1.807, 2.05) is 18.0 Å². The average Bonchev–Trinajstić information content (AvgIpc) is 3.28. The molecule has 2 aromatic heterocycles. The third-order valence-corrected chi connectivity index (χ3v) is 6.90. The minimum atomic E-state index is -0.400. The highest BCUT2D eigenvalue weighted by molar-refractivity contribution is 5.92. The fraction of sp³-hybridized carbons (Fsp3) is 0.682. The maximum atomic E-state index is 13.0. The number of aryl methyl sites for hydroxylation is 2. The second kappa shape index (κ2) is 11.1. The van der Waals surface area contributed by atoms with Gasteiger partial charge in [0.2, 0.25) is 0 Å². The standard InChI is InChI=1S/C22H31N7O2.2ClH/c1-16-24-14-17-6-13-31-22(20(17)25-16)7-11-28(12-8-22)21(30)19-15-29(27-26-19)10-5-18-4-2-3-9-23-18;;/h14-15,18,23H,2-13H2,1H3;2*1H. The predicted molar refractivity (Wildman–Crippen MR) is 128 cm³/mol. The van der Waals surface area contributed by atoms with Gasteiger partial charge in [0.15, 0.2) is 5.69 Å². The van der Waals surface area contributed by atoms with E-state index in [1.165, 1.54) is 24.8 Å². The van der Waals surface area contributed by atoms with Crippen LogP contribution in [0.5, 0.6) is 0 Å². The van der Waals surface area contributed by atoms with Crippen LogP contribution in [0, 0.1) is 6.92 Å². The Morgan fingerprint density at radius 2 is 2.09 bits per heavy atom. The van der Waals surface area contributed by atoms with E-state index < -0.39 is 5.60 Å². The molecule has 0 aliphatic carbocycles. The number of carbonyl (C=O) groups excluding carboxylic acids is 1. The SMILES string of the molecule is Cc1ncc2c(n1)C1(CCN(C(=O)c3cn(CCC4CCCCN4)nn3)CC1)OCC2.Cl.Cl. The van der Waals surface area contributed by atoms with Crippen LogP contribution in [-0.4, -0.2) is 68.1 Å². The molecule has 0 aromatic carbocycles. The Morgan fingerprint density at radius 3 is 2.85 bits per heavy atom. The summed E-state index contributed by atoms with van der Waals surface area (Å²) in [5, 5.41) is 11.9. The van der Waals surface area contributed by atoms with Crippen molar-refractivity contribution >= 4 is 30.7 Å². The topological polar surface area (TPSA) is 98.1 Å². The molecule has 9 nitrogen and oxygen atoms in total. The van der Waals surface area contributed by atoms with Crippen LogP contribution in [0.3, 0.4) is 0 Å². The molecule has 1 amide bonds. The molecule has 0 radical (unpaired) electrons. The fourth-order valence-corrected chi connectivity index (χ4v) is 5.08. The molecule has 33 heavy (non-hydrogen) atoms. The molecule has 1 atom stereocenters. The summed E-state index contributed by atoms with van der Waals surface area (Å²) in [5.41, 5.74) is 2.21. The predicted octanol–water partition coefficient (Wildman–Crippen LogP) is 2.46. The van der Waals surface area contributed by atoms with E-state index in [0.29, 0.717) is 31.4 Å². The number of nitrogens with one attached hydrogen (secondary N) is 1. The van der Waals surface area contributed by atoms with E-state index in [1.54, 1.807) is 10.9 Å². The lowest BCUT2D eigenvalue weighted by Gasteiger charge is -2.43. The average molecular weight is 498 g/mol. The smallest absolute Gasteiger partial charge is 0.276 e. The minimum Gasteiger partial charge on any atom is -0.368 e. The molecule has 5 rings (SSSR count). The first-order valence-corrected chi connectivity index (χ1v) is 11.5. The van der Waals surface area contributed by atoms with Crippen LogP contribution in [-0.2, 0) is 23.3 Å². The number of carbonyl (C=O) groups is 1. The molecule has 2 aromatic rings. The van der Waals surface area contributed by atoms with Crippen molar-refractivity contribution in [1.82, 2.24) is 35.2 Å². The van der Waals surface area contributed by atoms with Gasteiger partial charge in [0.05, 0.1) is 18.5 Å². The summed E-state index contributed by atoms with van der Waals surface area (Å²) in [4.78, 5) is 23.9. The highest BCUT2D eigenvalue weighted by Crippen LogP contribution is 2.40. The summed E-state index contributed by atoms with van der Waals surface area (Å²) in [7, 11) is 0. The number of hydrogen-bond acceptors (Lipinski definition) is 7. The van der Waals surface area contributed by atoms with Gasteiger partial charge in [-0.05, 0) is 57.6 Å². The Hall–Kier alpha value is -1.81. The van der Waals surface area contributed by atoms with E-state index in [0.717, 1.165) is 50.3 Å². The normalized spacial score (nSPS) is 21.6. The second-order valence-corrected chi connectivity index (χ2v) is 8.98. The van der Waals surface area contributed by atoms with Crippen molar-refractivity contribution in [2.75, 3.05) is 26.2 Å². The number of amides is 1. The van der Waals surface area contributed by atoms with Gasteiger partial charge >= 0.3 is 0 Å². The Labute approximate surface area is 206 Å². The number of ether oxygens (including phenoxy) is 1. The number of fused-ring (bicyclic) bond motifs is 2. The van der Waals surface area contributed by atoms with Crippen molar-refractivity contribution in [3.8, 4) is 0 Å². The van der Waals surface area contributed by atoms with Gasteiger partial charge in [-0.15, -0.1) is 29.9 Å². The van der Waals surface area contributed by atoms with Crippen molar-refractivity contribution in [2.45, 2.75) is 70.1 Å². The Kier molecular flexibility index (Phi) is 8.66. The molecular formula is C22H33Cl2N7O2. The maximum Gasteiger partial charge on any atom is 0.276 e. The zero-order chi connectivity index (χ0) is 21.3. The number of nitrogens with zero attached hydrogens (tertiary/aromatic N) is 6. The minimum absolute atomic E-state index is 0. The Bertz CT molecular complexity index is 941. The molecule has 1 unspecified atom stereocenters. The van der Waals surface area contributed by atoms with Crippen LogP contribution in [0.2, 0.25) is 0 Å². The van der Waals surface area contributed by atoms with Gasteiger partial charge in [0.25, 0.3) is 5.91 Å². The molecule has 3 aliphatic rings. The lowest BCUT2D eigenvalue weighted by molar-refractivity contribution is -0.0969. The van der Waals surface area contributed by atoms with Gasteiger partial charge in [-0.25, -0.2) is 9.97 Å². The Morgan fingerprint density at radius 1 is 1.27 bits per heavy atom. The highest BCUT2D eigenvalue weighted by Gasteiger charge is 2.43. The van der Waals surface area contributed by atoms with E-state index in [9.17, 15) is 4.79 Å². The van der Waals surface area contributed by atoms with Crippen LogP contribution >= 0.6 is 24.8 Å². The van der Waals surface area contributed by atoms with Crippen molar-refractivity contribution < 1.29 is 9.53 Å². The monoisotopic (exact) mass is 497 g/mol. The van der Waals surface area contributed by atoms with Crippen molar-refractivity contribution in [3.63, 3.8) is 0 Å². The zero-order valence-electron chi connectivity index (χ0n) is 19.0. The van der Waals surface area contributed by atoms with Crippen molar-refractivity contribution in [3.05, 3.63) is 35.2 Å². The summed E-state index contributed by atoms with van der Waals surface area (Å²) in [5.74, 6) is 0.717. The number of aromatic nitrogens is 5. The lowest BCUT2D eigenvalue weighted by atomic mass is 9.83. The molecule has 1 spiro atoms. The first-order valence-electron chi connectivity index (χ1n) is 11.5. The summed E-state index contributed by atoms with van der Waals surface area (Å²) in [6.07, 6.45) is 10.8. The third kappa shape index (κ3) is 5.48. The lowest BCUT2D eigenvalue weighted by Crippen LogP contribution is -2.49. The molecular weight excluding hydrogens is 465 g/mol. The second-order valence-electron chi connectivity index (χ2n) is 8.98. The van der Waals surface area contributed by atoms with Gasteiger partial charge in [0.1, 0.15) is 11.4 Å². The molecule has 5 heterocycles. The van der Waals surface area contributed by atoms with E-state index >= 15 is 0 Å². The molecule has 2 fully saturated rings. The molecule has 0 saturated carbocycles. The van der Waals surface area contributed by atoms with Crippen molar-refractivity contribution in [1.29, 1.82) is 0 Å². The largest absolute Gasteiger partial charge is 0.368 e. The van der Waals surface area contributed by atoms with Gasteiger partial charge in [-0.2, -0.15) is 0 Å². The number of hydrogen-bond donors (Lipinski definition) is 1. The Balaban J connectivity index is 0.00000153. The van der Waals surface area contributed by atoms with Crippen molar-refractivity contribution in [2.24, 2.45) is 0 Å². The first kappa shape index (κ1) is 25.8. The van der Waals surface area contributed by atoms with E-state index in [4.69, 9.17) is 9.72 Å². The molecule has 1 N–H and O–H groups in total. The van der Waals surface area contributed by atoms with Crippen LogP contribution in [0.1, 0.15) is 66.1 Å². The van der Waals surface area contributed by atoms with Crippen LogP contribution in [0.4, 0.5) is 0 Å². The zero-order valence-corrected chi connectivity index (χ0v) is 20.7. The molecule has 182 valence electrons. The quantitative estimate of drug-likeness (QED) is 0.692. The van der Waals surface area contributed by atoms with Gasteiger partial charge < -0.3 is 15.0 Å². The van der Waals surface area contributed by atoms with Crippen LogP contribution < -0.4 is 5.32 Å². The molecule has 2 saturated heterocycles. The third-order valence-electron chi connectivity index (χ3n) is 6.90. The highest BCUT2D eigenvalue weighted by atomic mass is 35.5. The summed E-state index contributed by atoms with van der Waals surface area (Å²) < 4.78 is 8.05. The van der Waals surface area contributed by atoms with Gasteiger partial charge in [-0.3, -0.25) is 9.48 Å². The van der Waals surface area contributed by atoms with Gasteiger partial charge in [0, 0.05) is 31.9 Å². The van der Waals surface area contributed by atoms with E-state index in [-0.39, 0.29) is 30.7 Å². The summed E-state index contributed by atoms with van der Waals surface area (Å²) in [6, 6.07) is 0.543. The van der Waals surface area contributed by atoms with Gasteiger partial charge in [-0.1, -0.05) is 11.6 Å². The molecule has 3 aliphatic heterocycles. The summed E-state index contributed by atoms with van der Waals surface area (Å²) >= 11 is 0.